The van der Waals surface area contributed by atoms with E-state index in [9.17, 15) is 0 Å². The van der Waals surface area contributed by atoms with E-state index in [2.05, 4.69) is 11.8 Å². The quantitative estimate of drug-likeness (QED) is 0.632. The molecule has 1 saturated heterocycles. The summed E-state index contributed by atoms with van der Waals surface area (Å²) in [6, 6.07) is 7.88. The van der Waals surface area contributed by atoms with Crippen LogP contribution in [0, 0.1) is 5.41 Å². The zero-order chi connectivity index (χ0) is 13.7. The summed E-state index contributed by atoms with van der Waals surface area (Å²) in [5, 5.41) is 7.68. The van der Waals surface area contributed by atoms with E-state index < -0.39 is 0 Å². The summed E-state index contributed by atoms with van der Waals surface area (Å²) in [7, 11) is 0. The van der Waals surface area contributed by atoms with Crippen molar-refractivity contribution in [2.24, 2.45) is 5.73 Å². The number of amidine groups is 1. The van der Waals surface area contributed by atoms with E-state index >= 15 is 0 Å². The number of para-hydroxylation sites is 1. The van der Waals surface area contributed by atoms with Crippen LogP contribution in [-0.4, -0.2) is 31.6 Å². The van der Waals surface area contributed by atoms with Crippen LogP contribution in [0.15, 0.2) is 24.3 Å². The molecule has 1 aromatic carbocycles. The largest absolute Gasteiger partial charge is 0.384 e. The lowest BCUT2D eigenvalue weighted by molar-refractivity contribution is 0.0440. The van der Waals surface area contributed by atoms with Crippen LogP contribution in [0.2, 0.25) is 0 Å². The van der Waals surface area contributed by atoms with E-state index in [1.165, 1.54) is 0 Å². The molecular weight excluding hydrogens is 238 g/mol. The van der Waals surface area contributed by atoms with Gasteiger partial charge in [-0.2, -0.15) is 0 Å². The molecule has 4 nitrogen and oxygen atoms in total. The summed E-state index contributed by atoms with van der Waals surface area (Å²) in [6.07, 6.45) is 3.61. The molecular formula is C15H23N3O. The standard InChI is InChI=1S/C15H23N3O/c1-2-10-19-12-6-5-9-18(11-12)14-8-4-3-7-13(14)15(16)17/h3-4,7-8,12H,2,5-6,9-11H2,1H3,(H3,16,17). The number of nitrogens with zero attached hydrogens (tertiary/aromatic N) is 1. The number of hydrogen-bond donors (Lipinski definition) is 2. The third-order valence-electron chi connectivity index (χ3n) is 3.47. The Kier molecular flexibility index (Phi) is 4.80. The second kappa shape index (κ2) is 6.57. The molecule has 1 fully saturated rings. The van der Waals surface area contributed by atoms with Crippen molar-refractivity contribution in [2.75, 3.05) is 24.6 Å². The number of benzene rings is 1. The molecule has 1 aromatic rings. The minimum atomic E-state index is 0.132. The molecule has 3 N–H and O–H groups in total. The maximum atomic E-state index is 7.68. The first kappa shape index (κ1) is 13.9. The molecule has 0 saturated carbocycles. The van der Waals surface area contributed by atoms with Crippen LogP contribution in [0.1, 0.15) is 31.7 Å². The minimum Gasteiger partial charge on any atom is -0.384 e. The highest BCUT2D eigenvalue weighted by Gasteiger charge is 2.22. The zero-order valence-electron chi connectivity index (χ0n) is 11.6. The van der Waals surface area contributed by atoms with Gasteiger partial charge in [-0.05, 0) is 31.4 Å². The highest BCUT2D eigenvalue weighted by Crippen LogP contribution is 2.24. The van der Waals surface area contributed by atoms with Gasteiger partial charge in [0.15, 0.2) is 0 Å². The van der Waals surface area contributed by atoms with Crippen molar-refractivity contribution in [3.63, 3.8) is 0 Å². The van der Waals surface area contributed by atoms with Crippen molar-refractivity contribution in [2.45, 2.75) is 32.3 Å². The highest BCUT2D eigenvalue weighted by atomic mass is 16.5. The molecule has 0 aliphatic carbocycles. The number of nitrogens with two attached hydrogens (primary N) is 1. The third kappa shape index (κ3) is 3.47. The van der Waals surface area contributed by atoms with Crippen molar-refractivity contribution < 1.29 is 4.74 Å². The fourth-order valence-electron chi connectivity index (χ4n) is 2.55. The average Bonchev–Trinajstić information content (AvgIpc) is 2.45. The first-order valence-corrected chi connectivity index (χ1v) is 7.02. The molecule has 104 valence electrons. The topological polar surface area (TPSA) is 62.3 Å². The molecule has 0 spiro atoms. The molecule has 1 heterocycles. The molecule has 4 heteroatoms. The number of anilines is 1. The second-order valence-electron chi connectivity index (χ2n) is 5.01. The van der Waals surface area contributed by atoms with E-state index in [0.717, 1.165) is 50.2 Å². The van der Waals surface area contributed by atoms with Crippen LogP contribution in [0.5, 0.6) is 0 Å². The van der Waals surface area contributed by atoms with E-state index in [4.69, 9.17) is 15.9 Å². The normalized spacial score (nSPS) is 19.4. The van der Waals surface area contributed by atoms with Gasteiger partial charge in [-0.15, -0.1) is 0 Å². The Bertz CT molecular complexity index is 433. The summed E-state index contributed by atoms with van der Waals surface area (Å²) in [5.74, 6) is 0.132. The Morgan fingerprint density at radius 2 is 2.26 bits per heavy atom. The molecule has 1 aliphatic rings. The molecule has 1 unspecified atom stereocenters. The van der Waals surface area contributed by atoms with Gasteiger partial charge in [-0.1, -0.05) is 19.1 Å². The lowest BCUT2D eigenvalue weighted by Crippen LogP contribution is -2.40. The van der Waals surface area contributed by atoms with Crippen LogP contribution in [0.4, 0.5) is 5.69 Å². The number of nitrogens with one attached hydrogen (secondary N) is 1. The summed E-state index contributed by atoms with van der Waals surface area (Å²) < 4.78 is 5.86. The van der Waals surface area contributed by atoms with E-state index in [-0.39, 0.29) is 5.84 Å². The maximum absolute atomic E-state index is 7.68. The molecule has 19 heavy (non-hydrogen) atoms. The number of nitrogen functional groups attached to an aromatic ring is 1. The third-order valence-corrected chi connectivity index (χ3v) is 3.47. The molecule has 0 bridgehead atoms. The van der Waals surface area contributed by atoms with Crippen LogP contribution >= 0.6 is 0 Å². The van der Waals surface area contributed by atoms with Crippen LogP contribution in [-0.2, 0) is 4.74 Å². The lowest BCUT2D eigenvalue weighted by Gasteiger charge is -2.35. The predicted molar refractivity (Wildman–Crippen MR) is 78.9 cm³/mol. The van der Waals surface area contributed by atoms with Crippen molar-refractivity contribution in [3.8, 4) is 0 Å². The Morgan fingerprint density at radius 3 is 3.00 bits per heavy atom. The SMILES string of the molecule is CCCOC1CCCN(c2ccccc2C(=N)N)C1. The van der Waals surface area contributed by atoms with Crippen LogP contribution in [0.25, 0.3) is 0 Å². The van der Waals surface area contributed by atoms with Gasteiger partial charge in [-0.3, -0.25) is 5.41 Å². The van der Waals surface area contributed by atoms with Crippen molar-refractivity contribution in [1.82, 2.24) is 0 Å². The van der Waals surface area contributed by atoms with Crippen LogP contribution < -0.4 is 10.6 Å². The molecule has 1 aliphatic heterocycles. The molecule has 0 aromatic heterocycles. The van der Waals surface area contributed by atoms with Gasteiger partial charge in [-0.25, -0.2) is 0 Å². The van der Waals surface area contributed by atoms with Gasteiger partial charge in [0.2, 0.25) is 0 Å². The monoisotopic (exact) mass is 261 g/mol. The van der Waals surface area contributed by atoms with Crippen molar-refractivity contribution in [1.29, 1.82) is 5.41 Å². The van der Waals surface area contributed by atoms with Gasteiger partial charge in [0.25, 0.3) is 0 Å². The Balaban J connectivity index is 2.11. The van der Waals surface area contributed by atoms with Crippen LogP contribution in [0.3, 0.4) is 0 Å². The van der Waals surface area contributed by atoms with E-state index in [0.29, 0.717) is 6.10 Å². The average molecular weight is 261 g/mol. The number of piperidine rings is 1. The molecule has 1 atom stereocenters. The minimum absolute atomic E-state index is 0.132. The van der Waals surface area contributed by atoms with Crippen molar-refractivity contribution in [3.05, 3.63) is 29.8 Å². The Hall–Kier alpha value is -1.55. The highest BCUT2D eigenvalue weighted by molar-refractivity contribution is 6.00. The summed E-state index contributed by atoms with van der Waals surface area (Å²) in [4.78, 5) is 2.29. The van der Waals surface area contributed by atoms with Gasteiger partial charge < -0.3 is 15.4 Å². The zero-order valence-corrected chi connectivity index (χ0v) is 11.6. The maximum Gasteiger partial charge on any atom is 0.124 e. The fourth-order valence-corrected chi connectivity index (χ4v) is 2.55. The number of ether oxygens (including phenoxy) is 1. The van der Waals surface area contributed by atoms with Gasteiger partial charge in [0, 0.05) is 30.9 Å². The Labute approximate surface area is 115 Å². The first-order valence-electron chi connectivity index (χ1n) is 7.02. The fraction of sp³-hybridized carbons (Fsp3) is 0.533. The van der Waals surface area contributed by atoms with Gasteiger partial charge >= 0.3 is 0 Å². The smallest absolute Gasteiger partial charge is 0.124 e. The molecule has 2 rings (SSSR count). The summed E-state index contributed by atoms with van der Waals surface area (Å²) in [5.41, 5.74) is 7.54. The molecule has 0 amide bonds. The molecule has 0 radical (unpaired) electrons. The van der Waals surface area contributed by atoms with Crippen molar-refractivity contribution >= 4 is 11.5 Å². The predicted octanol–water partition coefficient (Wildman–Crippen LogP) is 2.37. The Morgan fingerprint density at radius 1 is 1.47 bits per heavy atom. The second-order valence-corrected chi connectivity index (χ2v) is 5.01. The van der Waals surface area contributed by atoms with E-state index in [1.807, 2.05) is 24.3 Å². The summed E-state index contributed by atoms with van der Waals surface area (Å²) >= 11 is 0. The number of hydrogen-bond acceptors (Lipinski definition) is 3. The number of rotatable bonds is 5. The lowest BCUT2D eigenvalue weighted by atomic mass is 10.0. The first-order chi connectivity index (χ1) is 9.22. The van der Waals surface area contributed by atoms with Gasteiger partial charge in [0.05, 0.1) is 6.10 Å². The summed E-state index contributed by atoms with van der Waals surface area (Å²) in [6.45, 7) is 4.86. The van der Waals surface area contributed by atoms with E-state index in [1.54, 1.807) is 0 Å². The van der Waals surface area contributed by atoms with Gasteiger partial charge in [0.1, 0.15) is 5.84 Å².